The van der Waals surface area contributed by atoms with Crippen molar-refractivity contribution in [2.45, 2.75) is 13.0 Å². The maximum absolute atomic E-state index is 5.52. The van der Waals surface area contributed by atoms with E-state index in [1.807, 2.05) is 21.1 Å². The minimum Gasteiger partial charge on any atom is -0.477 e. The summed E-state index contributed by atoms with van der Waals surface area (Å²) in [6.45, 7) is 2.40. The molecular weight excluding hydrogens is 204 g/mol. The molecule has 5 nitrogen and oxygen atoms in total. The van der Waals surface area contributed by atoms with Crippen LogP contribution in [0.4, 0.5) is 0 Å². The van der Waals surface area contributed by atoms with E-state index in [0.717, 1.165) is 18.7 Å². The van der Waals surface area contributed by atoms with Crippen molar-refractivity contribution in [3.63, 3.8) is 0 Å². The van der Waals surface area contributed by atoms with E-state index in [0.29, 0.717) is 19.0 Å². The van der Waals surface area contributed by atoms with Crippen LogP contribution in [0.3, 0.4) is 0 Å². The number of ether oxygens (including phenoxy) is 1. The maximum atomic E-state index is 5.52. The van der Waals surface area contributed by atoms with Crippen LogP contribution in [0.1, 0.15) is 12.1 Å². The summed E-state index contributed by atoms with van der Waals surface area (Å²) in [5.74, 6) is 0.603. The largest absolute Gasteiger partial charge is 0.477 e. The standard InChI is InChI=1S/C11H20N4O/c1-12-7-10-8-13-9-11(14-10)16-6-4-5-15(2)3/h8-9,12H,4-7H2,1-3H3. The molecular formula is C11H20N4O. The fraction of sp³-hybridized carbons (Fsp3) is 0.636. The van der Waals surface area contributed by atoms with E-state index in [2.05, 4.69) is 20.2 Å². The summed E-state index contributed by atoms with van der Waals surface area (Å²) in [7, 11) is 5.98. The lowest BCUT2D eigenvalue weighted by Gasteiger charge is -2.10. The molecule has 0 saturated heterocycles. The maximum Gasteiger partial charge on any atom is 0.232 e. The molecule has 5 heteroatoms. The number of aromatic nitrogens is 2. The van der Waals surface area contributed by atoms with Gasteiger partial charge in [0.05, 0.1) is 18.5 Å². The molecule has 1 aromatic rings. The Morgan fingerprint density at radius 3 is 2.88 bits per heavy atom. The van der Waals surface area contributed by atoms with E-state index >= 15 is 0 Å². The zero-order chi connectivity index (χ0) is 11.8. The van der Waals surface area contributed by atoms with Crippen LogP contribution < -0.4 is 10.1 Å². The molecule has 1 N–H and O–H groups in total. The smallest absolute Gasteiger partial charge is 0.232 e. The van der Waals surface area contributed by atoms with E-state index in [1.54, 1.807) is 12.4 Å². The minimum atomic E-state index is 0.603. The molecule has 0 radical (unpaired) electrons. The summed E-state index contributed by atoms with van der Waals surface area (Å²) in [6, 6.07) is 0. The summed E-state index contributed by atoms with van der Waals surface area (Å²) in [4.78, 5) is 10.5. The summed E-state index contributed by atoms with van der Waals surface area (Å²) >= 11 is 0. The molecule has 0 bridgehead atoms. The van der Waals surface area contributed by atoms with E-state index in [-0.39, 0.29) is 0 Å². The fourth-order valence-electron chi connectivity index (χ4n) is 1.28. The summed E-state index contributed by atoms with van der Waals surface area (Å²) in [6.07, 6.45) is 4.38. The normalized spacial score (nSPS) is 10.8. The first-order valence-electron chi connectivity index (χ1n) is 5.45. The molecule has 0 unspecified atom stereocenters. The van der Waals surface area contributed by atoms with Gasteiger partial charge in [0.15, 0.2) is 0 Å². The van der Waals surface area contributed by atoms with Crippen molar-refractivity contribution in [2.24, 2.45) is 0 Å². The van der Waals surface area contributed by atoms with Crippen LogP contribution in [0.15, 0.2) is 12.4 Å². The minimum absolute atomic E-state index is 0.603. The van der Waals surface area contributed by atoms with Crippen LogP contribution in [0.25, 0.3) is 0 Å². The van der Waals surface area contributed by atoms with Gasteiger partial charge in [-0.25, -0.2) is 4.98 Å². The number of rotatable bonds is 7. The Morgan fingerprint density at radius 2 is 2.19 bits per heavy atom. The van der Waals surface area contributed by atoms with E-state index in [9.17, 15) is 0 Å². The molecule has 90 valence electrons. The van der Waals surface area contributed by atoms with Gasteiger partial charge in [-0.15, -0.1) is 0 Å². The molecule has 0 aromatic carbocycles. The van der Waals surface area contributed by atoms with Crippen LogP contribution in [0, 0.1) is 0 Å². The highest BCUT2D eigenvalue weighted by Crippen LogP contribution is 2.05. The molecule has 1 heterocycles. The van der Waals surface area contributed by atoms with Crippen LogP contribution in [0.5, 0.6) is 5.88 Å². The van der Waals surface area contributed by atoms with Crippen molar-refractivity contribution < 1.29 is 4.74 Å². The highest BCUT2D eigenvalue weighted by molar-refractivity contribution is 5.08. The molecule has 1 aromatic heterocycles. The molecule has 0 atom stereocenters. The van der Waals surface area contributed by atoms with Gasteiger partial charge >= 0.3 is 0 Å². The molecule has 0 saturated carbocycles. The van der Waals surface area contributed by atoms with Gasteiger partial charge in [-0.3, -0.25) is 4.98 Å². The number of nitrogens with zero attached hydrogens (tertiary/aromatic N) is 3. The second kappa shape index (κ2) is 7.14. The van der Waals surface area contributed by atoms with Crippen LogP contribution >= 0.6 is 0 Å². The Balaban J connectivity index is 2.33. The molecule has 0 aliphatic heterocycles. The zero-order valence-electron chi connectivity index (χ0n) is 10.2. The summed E-state index contributed by atoms with van der Waals surface area (Å²) < 4.78 is 5.52. The predicted molar refractivity (Wildman–Crippen MR) is 63.5 cm³/mol. The molecule has 0 aliphatic rings. The molecule has 0 fully saturated rings. The van der Waals surface area contributed by atoms with Crippen molar-refractivity contribution >= 4 is 0 Å². The highest BCUT2D eigenvalue weighted by atomic mass is 16.5. The van der Waals surface area contributed by atoms with Gasteiger partial charge in [-0.1, -0.05) is 0 Å². The lowest BCUT2D eigenvalue weighted by atomic mass is 10.4. The van der Waals surface area contributed by atoms with Crippen LogP contribution in [-0.2, 0) is 6.54 Å². The van der Waals surface area contributed by atoms with Gasteiger partial charge in [0, 0.05) is 19.3 Å². The van der Waals surface area contributed by atoms with Crippen molar-refractivity contribution in [2.75, 3.05) is 34.3 Å². The van der Waals surface area contributed by atoms with Crippen molar-refractivity contribution in [3.05, 3.63) is 18.1 Å². The van der Waals surface area contributed by atoms with Gasteiger partial charge in [0.1, 0.15) is 0 Å². The summed E-state index contributed by atoms with van der Waals surface area (Å²) in [5, 5.41) is 3.03. The first kappa shape index (κ1) is 12.9. The fourth-order valence-corrected chi connectivity index (χ4v) is 1.28. The second-order valence-electron chi connectivity index (χ2n) is 3.88. The third-order valence-electron chi connectivity index (χ3n) is 2.02. The molecule has 16 heavy (non-hydrogen) atoms. The number of hydrogen-bond acceptors (Lipinski definition) is 5. The monoisotopic (exact) mass is 224 g/mol. The van der Waals surface area contributed by atoms with E-state index < -0.39 is 0 Å². The molecule has 0 amide bonds. The molecule has 1 rings (SSSR count). The van der Waals surface area contributed by atoms with Gasteiger partial charge < -0.3 is 15.0 Å². The molecule has 0 aliphatic carbocycles. The van der Waals surface area contributed by atoms with Gasteiger partial charge in [0.25, 0.3) is 0 Å². The van der Waals surface area contributed by atoms with Gasteiger partial charge in [-0.05, 0) is 27.6 Å². The summed E-state index contributed by atoms with van der Waals surface area (Å²) in [5.41, 5.74) is 0.896. The van der Waals surface area contributed by atoms with Crippen molar-refractivity contribution in [1.29, 1.82) is 0 Å². The molecule has 0 spiro atoms. The zero-order valence-corrected chi connectivity index (χ0v) is 10.2. The predicted octanol–water partition coefficient (Wildman–Crippen LogP) is 0.526. The number of hydrogen-bond donors (Lipinski definition) is 1. The van der Waals surface area contributed by atoms with E-state index in [1.165, 1.54) is 0 Å². The Hall–Kier alpha value is -1.20. The average molecular weight is 224 g/mol. The Labute approximate surface area is 96.8 Å². The van der Waals surface area contributed by atoms with Crippen LogP contribution in [0.2, 0.25) is 0 Å². The SMILES string of the molecule is CNCc1cncc(OCCCN(C)C)n1. The third-order valence-corrected chi connectivity index (χ3v) is 2.02. The Bertz CT molecular complexity index is 304. The lowest BCUT2D eigenvalue weighted by Crippen LogP contribution is -2.16. The highest BCUT2D eigenvalue weighted by Gasteiger charge is 1.99. The van der Waals surface area contributed by atoms with Crippen LogP contribution in [-0.4, -0.2) is 49.2 Å². The second-order valence-corrected chi connectivity index (χ2v) is 3.88. The average Bonchev–Trinajstić information content (AvgIpc) is 2.25. The van der Waals surface area contributed by atoms with Gasteiger partial charge in [0.2, 0.25) is 5.88 Å². The third kappa shape index (κ3) is 5.04. The topological polar surface area (TPSA) is 50.3 Å². The first-order valence-corrected chi connectivity index (χ1v) is 5.45. The first-order chi connectivity index (χ1) is 7.72. The Morgan fingerprint density at radius 1 is 1.38 bits per heavy atom. The Kier molecular flexibility index (Phi) is 5.74. The lowest BCUT2D eigenvalue weighted by molar-refractivity contribution is 0.271. The van der Waals surface area contributed by atoms with Crippen molar-refractivity contribution in [3.8, 4) is 5.88 Å². The number of nitrogens with one attached hydrogen (secondary N) is 1. The van der Waals surface area contributed by atoms with E-state index in [4.69, 9.17) is 4.74 Å². The van der Waals surface area contributed by atoms with Crippen molar-refractivity contribution in [1.82, 2.24) is 20.2 Å². The van der Waals surface area contributed by atoms with Gasteiger partial charge in [-0.2, -0.15) is 0 Å². The quantitative estimate of drug-likeness (QED) is 0.685.